The highest BCUT2D eigenvalue weighted by Crippen LogP contribution is 2.36. The van der Waals surface area contributed by atoms with Crippen LogP contribution in [0.15, 0.2) is 40.9 Å². The molecule has 0 spiro atoms. The van der Waals surface area contributed by atoms with Crippen LogP contribution in [-0.2, 0) is 0 Å². The molecule has 1 atom stereocenters. The van der Waals surface area contributed by atoms with Crippen LogP contribution < -0.4 is 10.1 Å². The molecule has 2 aromatic rings. The van der Waals surface area contributed by atoms with E-state index >= 15 is 0 Å². The summed E-state index contributed by atoms with van der Waals surface area (Å²) in [7, 11) is 0. The Kier molecular flexibility index (Phi) is 4.41. The van der Waals surface area contributed by atoms with E-state index < -0.39 is 0 Å². The lowest BCUT2D eigenvalue weighted by molar-refractivity contribution is 0.316. The molecule has 4 heteroatoms. The molecule has 0 radical (unpaired) electrons. The zero-order valence-corrected chi connectivity index (χ0v) is 14.2. The third-order valence-corrected chi connectivity index (χ3v) is 4.50. The van der Waals surface area contributed by atoms with Gasteiger partial charge in [-0.05, 0) is 49.6 Å². The first-order chi connectivity index (χ1) is 10.1. The van der Waals surface area contributed by atoms with Gasteiger partial charge in [0, 0.05) is 20.7 Å². The molecule has 21 heavy (non-hydrogen) atoms. The Hall–Kier alpha value is -1.19. The van der Waals surface area contributed by atoms with Gasteiger partial charge in [0.1, 0.15) is 5.75 Å². The first-order valence-corrected chi connectivity index (χ1v) is 8.25. The number of hydrogen-bond acceptors (Lipinski definition) is 2. The summed E-state index contributed by atoms with van der Waals surface area (Å²) in [6.07, 6.45) is 2.07. The van der Waals surface area contributed by atoms with Crippen molar-refractivity contribution in [3.8, 4) is 5.75 Å². The van der Waals surface area contributed by atoms with Gasteiger partial charge >= 0.3 is 0 Å². The summed E-state index contributed by atoms with van der Waals surface area (Å²) in [6, 6.07) is 12.4. The minimum atomic E-state index is 0.243. The topological polar surface area (TPSA) is 21.3 Å². The predicted octanol–water partition coefficient (Wildman–Crippen LogP) is 5.74. The molecule has 0 aliphatic carbocycles. The first kappa shape index (κ1) is 14.7. The average Bonchev–Trinajstić information content (AvgIpc) is 2.65. The fourth-order valence-electron chi connectivity index (χ4n) is 2.63. The lowest BCUT2D eigenvalue weighted by Gasteiger charge is -2.21. The third kappa shape index (κ3) is 3.35. The average molecular weight is 367 g/mol. The normalized spacial score (nSPS) is 17.6. The molecule has 0 saturated heterocycles. The molecule has 2 aromatic carbocycles. The Morgan fingerprint density at radius 1 is 1.24 bits per heavy atom. The zero-order valence-electron chi connectivity index (χ0n) is 11.8. The smallest absolute Gasteiger partial charge is 0.125 e. The fourth-order valence-corrected chi connectivity index (χ4v) is 3.15. The van der Waals surface area contributed by atoms with Crippen molar-refractivity contribution in [3.63, 3.8) is 0 Å². The van der Waals surface area contributed by atoms with Gasteiger partial charge in [0.25, 0.3) is 0 Å². The van der Waals surface area contributed by atoms with Crippen LogP contribution in [0.1, 0.15) is 30.0 Å². The summed E-state index contributed by atoms with van der Waals surface area (Å²) in [4.78, 5) is 0. The van der Waals surface area contributed by atoms with E-state index in [4.69, 9.17) is 16.3 Å². The first-order valence-electron chi connectivity index (χ1n) is 7.08. The van der Waals surface area contributed by atoms with Crippen LogP contribution in [0.25, 0.3) is 0 Å². The van der Waals surface area contributed by atoms with Crippen LogP contribution in [0, 0.1) is 6.92 Å². The molecule has 1 unspecified atom stereocenters. The largest absolute Gasteiger partial charge is 0.493 e. The van der Waals surface area contributed by atoms with Crippen LogP contribution in [-0.4, -0.2) is 6.61 Å². The van der Waals surface area contributed by atoms with E-state index in [2.05, 4.69) is 40.3 Å². The highest BCUT2D eigenvalue weighted by Gasteiger charge is 2.20. The number of anilines is 1. The molecule has 3 rings (SSSR count). The van der Waals surface area contributed by atoms with Gasteiger partial charge in [-0.1, -0.05) is 39.7 Å². The Morgan fingerprint density at radius 3 is 2.95 bits per heavy atom. The van der Waals surface area contributed by atoms with Crippen LogP contribution >= 0.6 is 27.5 Å². The van der Waals surface area contributed by atoms with Gasteiger partial charge in [-0.2, -0.15) is 0 Å². The van der Waals surface area contributed by atoms with Gasteiger partial charge in [0.2, 0.25) is 0 Å². The molecule has 1 N–H and O–H groups in total. The quantitative estimate of drug-likeness (QED) is 0.732. The van der Waals surface area contributed by atoms with E-state index in [9.17, 15) is 0 Å². The van der Waals surface area contributed by atoms with Gasteiger partial charge in [-0.3, -0.25) is 0 Å². The minimum Gasteiger partial charge on any atom is -0.493 e. The lowest BCUT2D eigenvalue weighted by Crippen LogP contribution is -2.11. The van der Waals surface area contributed by atoms with Crippen molar-refractivity contribution in [1.29, 1.82) is 0 Å². The van der Waals surface area contributed by atoms with E-state index in [1.807, 2.05) is 24.3 Å². The second kappa shape index (κ2) is 6.29. The minimum absolute atomic E-state index is 0.243. The molecule has 1 heterocycles. The predicted molar refractivity (Wildman–Crippen MR) is 91.4 cm³/mol. The maximum absolute atomic E-state index is 6.12. The van der Waals surface area contributed by atoms with Crippen molar-refractivity contribution in [1.82, 2.24) is 0 Å². The summed E-state index contributed by atoms with van der Waals surface area (Å²) < 4.78 is 6.90. The van der Waals surface area contributed by atoms with Crippen LogP contribution in [0.2, 0.25) is 5.02 Å². The molecule has 1 aliphatic heterocycles. The standard InChI is InChI=1S/C17H17BrClNO/c1-11-4-6-13(19)10-16(11)20-15-3-2-8-21-17-9-12(18)5-7-14(15)17/h4-7,9-10,15,20H,2-3,8H2,1H3. The van der Waals surface area contributed by atoms with Crippen molar-refractivity contribution in [2.45, 2.75) is 25.8 Å². The number of halogens is 2. The second-order valence-corrected chi connectivity index (χ2v) is 6.68. The van der Waals surface area contributed by atoms with Crippen molar-refractivity contribution >= 4 is 33.2 Å². The van der Waals surface area contributed by atoms with E-state index in [1.165, 1.54) is 11.1 Å². The van der Waals surface area contributed by atoms with Crippen molar-refractivity contribution in [3.05, 3.63) is 57.0 Å². The molecule has 0 saturated carbocycles. The lowest BCUT2D eigenvalue weighted by atomic mass is 10.0. The highest BCUT2D eigenvalue weighted by molar-refractivity contribution is 9.10. The number of ether oxygens (including phenoxy) is 1. The van der Waals surface area contributed by atoms with Crippen molar-refractivity contribution in [2.75, 3.05) is 11.9 Å². The molecular formula is C17H17BrClNO. The van der Waals surface area contributed by atoms with Crippen molar-refractivity contribution in [2.24, 2.45) is 0 Å². The maximum Gasteiger partial charge on any atom is 0.125 e. The SMILES string of the molecule is Cc1ccc(Cl)cc1NC1CCCOc2cc(Br)ccc21. The monoisotopic (exact) mass is 365 g/mol. The molecule has 110 valence electrons. The van der Waals surface area contributed by atoms with E-state index in [-0.39, 0.29) is 6.04 Å². The third-order valence-electron chi connectivity index (χ3n) is 3.78. The zero-order chi connectivity index (χ0) is 14.8. The van der Waals surface area contributed by atoms with Gasteiger partial charge in [0.05, 0.1) is 12.6 Å². The fraction of sp³-hybridized carbons (Fsp3) is 0.294. The van der Waals surface area contributed by atoms with Gasteiger partial charge in [-0.15, -0.1) is 0 Å². The Balaban J connectivity index is 1.94. The van der Waals surface area contributed by atoms with E-state index in [0.29, 0.717) is 0 Å². The Labute approximate surface area is 138 Å². The summed E-state index contributed by atoms with van der Waals surface area (Å²) in [5.74, 6) is 0.957. The number of nitrogens with one attached hydrogen (secondary N) is 1. The molecule has 0 bridgehead atoms. The van der Waals surface area contributed by atoms with Gasteiger partial charge in [-0.25, -0.2) is 0 Å². The summed E-state index contributed by atoms with van der Waals surface area (Å²) in [5, 5.41) is 4.38. The number of hydrogen-bond donors (Lipinski definition) is 1. The van der Waals surface area contributed by atoms with Crippen LogP contribution in [0.5, 0.6) is 5.75 Å². The molecule has 0 amide bonds. The van der Waals surface area contributed by atoms with Crippen LogP contribution in [0.4, 0.5) is 5.69 Å². The molecule has 2 nitrogen and oxygen atoms in total. The number of rotatable bonds is 2. The van der Waals surface area contributed by atoms with Gasteiger partial charge < -0.3 is 10.1 Å². The second-order valence-electron chi connectivity index (χ2n) is 5.33. The maximum atomic E-state index is 6.12. The highest BCUT2D eigenvalue weighted by atomic mass is 79.9. The number of fused-ring (bicyclic) bond motifs is 1. The molecule has 0 aromatic heterocycles. The number of aryl methyl sites for hydroxylation is 1. The van der Waals surface area contributed by atoms with Crippen LogP contribution in [0.3, 0.4) is 0 Å². The molecule has 1 aliphatic rings. The summed E-state index contributed by atoms with van der Waals surface area (Å²) in [5.41, 5.74) is 3.49. The Bertz CT molecular complexity index is 659. The van der Waals surface area contributed by atoms with E-state index in [1.54, 1.807) is 0 Å². The molecule has 0 fully saturated rings. The molecular weight excluding hydrogens is 350 g/mol. The van der Waals surface area contributed by atoms with Gasteiger partial charge in [0.15, 0.2) is 0 Å². The Morgan fingerprint density at radius 2 is 2.10 bits per heavy atom. The number of benzene rings is 2. The summed E-state index contributed by atoms with van der Waals surface area (Å²) in [6.45, 7) is 2.85. The summed E-state index contributed by atoms with van der Waals surface area (Å²) >= 11 is 9.62. The van der Waals surface area contributed by atoms with Crippen molar-refractivity contribution < 1.29 is 4.74 Å². The van der Waals surface area contributed by atoms with E-state index in [0.717, 1.165) is 40.4 Å².